The number of likely N-dealkylation sites (tertiary alicyclic amines) is 1. The molecule has 1 aromatic heterocycles. The fraction of sp³-hybridized carbons (Fsp3) is 0.261. The topological polar surface area (TPSA) is 103 Å². The van der Waals surface area contributed by atoms with Gasteiger partial charge in [0.2, 0.25) is 17.6 Å². The molecule has 0 saturated carbocycles. The molecule has 2 amide bonds. The molecular weight excluding hydrogens is 455 g/mol. The molecule has 0 N–H and O–H groups in total. The third-order valence-electron chi connectivity index (χ3n) is 5.21. The molecule has 0 aliphatic carbocycles. The van der Waals surface area contributed by atoms with E-state index in [1.165, 1.54) is 36.1 Å². The van der Waals surface area contributed by atoms with Crippen molar-refractivity contribution < 1.29 is 36.8 Å². The van der Waals surface area contributed by atoms with Crippen LogP contribution in [-0.2, 0) is 27.0 Å². The zero-order valence-corrected chi connectivity index (χ0v) is 17.8. The highest BCUT2D eigenvalue weighted by molar-refractivity contribution is 6.01. The number of carbonyl (C=O) groups excluding carboxylic acids is 3. The molecule has 0 radical (unpaired) electrons. The van der Waals surface area contributed by atoms with Crippen LogP contribution in [-0.4, -0.2) is 32.8 Å². The van der Waals surface area contributed by atoms with Gasteiger partial charge >= 0.3 is 12.1 Å². The van der Waals surface area contributed by atoms with E-state index < -0.39 is 23.8 Å². The standard InChI is InChI=1S/C23H18F3N3O5/c1-13(21-27-20(28-34-21)16-3-2-4-17(11-16)23(24,25)26)33-22(32)15-7-5-14(6-8-15)12-29-18(30)9-10-19(29)31/h2-8,11,13H,9-10,12H2,1H3. The number of ether oxygens (including phenoxy) is 1. The van der Waals surface area contributed by atoms with Crippen molar-refractivity contribution in [1.29, 1.82) is 0 Å². The molecule has 1 aliphatic rings. The second-order valence-corrected chi connectivity index (χ2v) is 7.65. The molecular formula is C23H18F3N3O5. The summed E-state index contributed by atoms with van der Waals surface area (Å²) in [6, 6.07) is 10.7. The van der Waals surface area contributed by atoms with E-state index in [9.17, 15) is 27.6 Å². The SMILES string of the molecule is CC(OC(=O)c1ccc(CN2C(=O)CCC2=O)cc1)c1nc(-c2cccc(C(F)(F)F)c2)no1. The third-order valence-corrected chi connectivity index (χ3v) is 5.21. The number of aromatic nitrogens is 2. The molecule has 0 bridgehead atoms. The lowest BCUT2D eigenvalue weighted by atomic mass is 10.1. The van der Waals surface area contributed by atoms with Crippen LogP contribution in [0.5, 0.6) is 0 Å². The fourth-order valence-corrected chi connectivity index (χ4v) is 3.36. The van der Waals surface area contributed by atoms with E-state index >= 15 is 0 Å². The van der Waals surface area contributed by atoms with Gasteiger partial charge < -0.3 is 9.26 Å². The van der Waals surface area contributed by atoms with Gasteiger partial charge in [0.1, 0.15) is 0 Å². The van der Waals surface area contributed by atoms with Crippen molar-refractivity contribution in [1.82, 2.24) is 15.0 Å². The van der Waals surface area contributed by atoms with Gasteiger partial charge in [-0.05, 0) is 36.8 Å². The summed E-state index contributed by atoms with van der Waals surface area (Å²) in [5, 5.41) is 3.68. The van der Waals surface area contributed by atoms with Gasteiger partial charge in [-0.2, -0.15) is 18.2 Å². The first kappa shape index (κ1) is 23.1. The Hall–Kier alpha value is -4.02. The summed E-state index contributed by atoms with van der Waals surface area (Å²) in [6.07, 6.45) is -5.07. The summed E-state index contributed by atoms with van der Waals surface area (Å²) >= 11 is 0. The van der Waals surface area contributed by atoms with E-state index in [0.717, 1.165) is 12.1 Å². The largest absolute Gasteiger partial charge is 0.449 e. The van der Waals surface area contributed by atoms with Crippen molar-refractivity contribution in [3.05, 3.63) is 71.1 Å². The molecule has 1 fully saturated rings. The van der Waals surface area contributed by atoms with Gasteiger partial charge in [0.25, 0.3) is 5.89 Å². The molecule has 4 rings (SSSR count). The Bertz CT molecular complexity index is 1220. The fourth-order valence-electron chi connectivity index (χ4n) is 3.36. The van der Waals surface area contributed by atoms with E-state index in [2.05, 4.69) is 10.1 Å². The molecule has 11 heteroatoms. The van der Waals surface area contributed by atoms with E-state index in [4.69, 9.17) is 9.26 Å². The number of hydrogen-bond donors (Lipinski definition) is 0. The highest BCUT2D eigenvalue weighted by Gasteiger charge is 2.31. The number of imide groups is 1. The van der Waals surface area contributed by atoms with E-state index in [1.807, 2.05) is 0 Å². The lowest BCUT2D eigenvalue weighted by Crippen LogP contribution is -2.28. The summed E-state index contributed by atoms with van der Waals surface area (Å²) in [5.74, 6) is -1.30. The minimum atomic E-state index is -4.51. The van der Waals surface area contributed by atoms with Gasteiger partial charge in [0, 0.05) is 18.4 Å². The maximum atomic E-state index is 12.9. The predicted octanol–water partition coefficient (Wildman–Crippen LogP) is 4.32. The lowest BCUT2D eigenvalue weighted by Gasteiger charge is -2.14. The van der Waals surface area contributed by atoms with E-state index in [1.54, 1.807) is 12.1 Å². The second kappa shape index (κ2) is 9.08. The first-order chi connectivity index (χ1) is 16.1. The van der Waals surface area contributed by atoms with Crippen LogP contribution in [0.2, 0.25) is 0 Å². The molecule has 3 aromatic rings. The minimum Gasteiger partial charge on any atom is -0.449 e. The van der Waals surface area contributed by atoms with Crippen LogP contribution in [0, 0.1) is 0 Å². The van der Waals surface area contributed by atoms with E-state index in [0.29, 0.717) is 5.56 Å². The number of hydrogen-bond acceptors (Lipinski definition) is 7. The molecule has 1 unspecified atom stereocenters. The van der Waals surface area contributed by atoms with Gasteiger partial charge in [-0.25, -0.2) is 4.79 Å². The Kier molecular flexibility index (Phi) is 6.18. The van der Waals surface area contributed by atoms with Gasteiger partial charge in [-0.1, -0.05) is 29.4 Å². The molecule has 1 atom stereocenters. The quantitative estimate of drug-likeness (QED) is 0.388. The molecule has 1 saturated heterocycles. The van der Waals surface area contributed by atoms with Crippen LogP contribution in [0.3, 0.4) is 0 Å². The third kappa shape index (κ3) is 4.98. The molecule has 176 valence electrons. The van der Waals surface area contributed by atoms with Gasteiger partial charge in [-0.3, -0.25) is 14.5 Å². The monoisotopic (exact) mass is 473 g/mol. The Balaban J connectivity index is 1.40. The van der Waals surface area contributed by atoms with Crippen molar-refractivity contribution in [2.75, 3.05) is 0 Å². The van der Waals surface area contributed by atoms with Crippen molar-refractivity contribution in [2.24, 2.45) is 0 Å². The van der Waals surface area contributed by atoms with Crippen LogP contribution >= 0.6 is 0 Å². The number of rotatable bonds is 6. The van der Waals surface area contributed by atoms with E-state index in [-0.39, 0.29) is 54.0 Å². The van der Waals surface area contributed by atoms with Crippen molar-refractivity contribution in [3.8, 4) is 11.4 Å². The highest BCUT2D eigenvalue weighted by Crippen LogP contribution is 2.32. The molecule has 34 heavy (non-hydrogen) atoms. The average molecular weight is 473 g/mol. The smallest absolute Gasteiger partial charge is 0.416 e. The molecule has 2 heterocycles. The van der Waals surface area contributed by atoms with Crippen LogP contribution in [0.25, 0.3) is 11.4 Å². The lowest BCUT2D eigenvalue weighted by molar-refractivity contribution is -0.139. The van der Waals surface area contributed by atoms with Crippen LogP contribution in [0.4, 0.5) is 13.2 Å². The maximum Gasteiger partial charge on any atom is 0.416 e. The van der Waals surface area contributed by atoms with Gasteiger partial charge in [-0.15, -0.1) is 0 Å². The summed E-state index contributed by atoms with van der Waals surface area (Å²) in [4.78, 5) is 41.2. The Morgan fingerprint density at radius 3 is 2.44 bits per heavy atom. The average Bonchev–Trinajstić information content (AvgIpc) is 3.42. The summed E-state index contributed by atoms with van der Waals surface area (Å²) in [5.41, 5.74) is 0.148. The Labute approximate surface area is 191 Å². The zero-order chi connectivity index (χ0) is 24.5. The van der Waals surface area contributed by atoms with Crippen molar-refractivity contribution >= 4 is 17.8 Å². The number of nitrogens with zero attached hydrogens (tertiary/aromatic N) is 3. The maximum absolute atomic E-state index is 12.9. The number of benzene rings is 2. The number of alkyl halides is 3. The number of carbonyl (C=O) groups is 3. The van der Waals surface area contributed by atoms with Crippen molar-refractivity contribution in [2.45, 2.75) is 38.6 Å². The zero-order valence-electron chi connectivity index (χ0n) is 17.8. The Morgan fingerprint density at radius 2 is 1.79 bits per heavy atom. The van der Waals surface area contributed by atoms with Crippen LogP contribution < -0.4 is 0 Å². The van der Waals surface area contributed by atoms with Gasteiger partial charge in [0.05, 0.1) is 17.7 Å². The second-order valence-electron chi connectivity index (χ2n) is 7.65. The normalized spacial score (nSPS) is 15.0. The first-order valence-electron chi connectivity index (χ1n) is 10.3. The Morgan fingerprint density at radius 1 is 1.12 bits per heavy atom. The molecule has 1 aliphatic heterocycles. The molecule has 8 nitrogen and oxygen atoms in total. The number of amides is 2. The summed E-state index contributed by atoms with van der Waals surface area (Å²) < 4.78 is 49.2. The van der Waals surface area contributed by atoms with Gasteiger partial charge in [0.15, 0.2) is 6.10 Å². The molecule has 0 spiro atoms. The number of esters is 1. The number of halogens is 3. The summed E-state index contributed by atoms with van der Waals surface area (Å²) in [7, 11) is 0. The highest BCUT2D eigenvalue weighted by atomic mass is 19.4. The first-order valence-corrected chi connectivity index (χ1v) is 10.3. The van der Waals surface area contributed by atoms with Crippen molar-refractivity contribution in [3.63, 3.8) is 0 Å². The van der Waals surface area contributed by atoms with Crippen LogP contribution in [0.1, 0.15) is 53.2 Å². The predicted molar refractivity (Wildman–Crippen MR) is 110 cm³/mol. The molecule has 2 aromatic carbocycles. The van der Waals surface area contributed by atoms with Crippen LogP contribution in [0.15, 0.2) is 53.1 Å². The minimum absolute atomic E-state index is 0.0700. The summed E-state index contributed by atoms with van der Waals surface area (Å²) in [6.45, 7) is 1.62.